The lowest BCUT2D eigenvalue weighted by atomic mass is 10.1. The van der Waals surface area contributed by atoms with Crippen LogP contribution in [-0.2, 0) is 0 Å². The van der Waals surface area contributed by atoms with Crippen molar-refractivity contribution in [1.82, 2.24) is 9.88 Å². The maximum Gasteiger partial charge on any atom is 0.255 e. The van der Waals surface area contributed by atoms with Crippen LogP contribution < -0.4 is 0 Å². The van der Waals surface area contributed by atoms with Crippen LogP contribution in [-0.4, -0.2) is 28.9 Å². The Morgan fingerprint density at radius 1 is 1.44 bits per heavy atom. The number of nitrogens with one attached hydrogen (secondary N) is 1. The van der Waals surface area contributed by atoms with Crippen molar-refractivity contribution < 1.29 is 4.79 Å². The third kappa shape index (κ3) is 1.17. The first-order chi connectivity index (χ1) is 7.51. The van der Waals surface area contributed by atoms with Gasteiger partial charge in [-0.2, -0.15) is 0 Å². The van der Waals surface area contributed by atoms with Crippen molar-refractivity contribution in [3.8, 4) is 0 Å². The number of hydrogen-bond acceptors (Lipinski definition) is 1. The molecule has 1 aromatic heterocycles. The van der Waals surface area contributed by atoms with Crippen molar-refractivity contribution in [1.29, 1.82) is 0 Å². The molecule has 1 aliphatic carbocycles. The van der Waals surface area contributed by atoms with E-state index in [1.807, 2.05) is 24.1 Å². The lowest BCUT2D eigenvalue weighted by molar-refractivity contribution is 0.0757. The minimum atomic E-state index is 0.196. The second kappa shape index (κ2) is 2.90. The summed E-state index contributed by atoms with van der Waals surface area (Å²) in [6.07, 6.45) is 1.84. The SMILES string of the molecule is Cc1[nH]ccc1C(=O)N1CC2C(C1)C2(C)C. The molecule has 0 aromatic carbocycles. The Balaban J connectivity index is 1.74. The molecule has 3 heteroatoms. The third-order valence-corrected chi connectivity index (χ3v) is 4.59. The van der Waals surface area contributed by atoms with Gasteiger partial charge in [-0.05, 0) is 30.2 Å². The summed E-state index contributed by atoms with van der Waals surface area (Å²) in [6.45, 7) is 8.47. The standard InChI is InChI=1S/C13H18N2O/c1-8-9(4-5-14-8)12(16)15-6-10-11(7-15)13(10,2)3/h4-5,10-11,14H,6-7H2,1-3H3. The van der Waals surface area contributed by atoms with E-state index in [4.69, 9.17) is 0 Å². The molecule has 2 unspecified atom stereocenters. The Morgan fingerprint density at radius 3 is 2.56 bits per heavy atom. The molecule has 1 saturated carbocycles. The molecule has 86 valence electrons. The van der Waals surface area contributed by atoms with Gasteiger partial charge in [0, 0.05) is 25.0 Å². The average Bonchev–Trinajstić information content (AvgIpc) is 2.71. The van der Waals surface area contributed by atoms with Crippen LogP contribution in [0.25, 0.3) is 0 Å². The summed E-state index contributed by atoms with van der Waals surface area (Å²) in [5.41, 5.74) is 2.29. The van der Waals surface area contributed by atoms with Gasteiger partial charge in [0.15, 0.2) is 0 Å². The number of fused-ring (bicyclic) bond motifs is 1. The van der Waals surface area contributed by atoms with Crippen molar-refractivity contribution in [2.24, 2.45) is 17.3 Å². The van der Waals surface area contributed by atoms with Crippen LogP contribution >= 0.6 is 0 Å². The van der Waals surface area contributed by atoms with E-state index >= 15 is 0 Å². The number of amides is 1. The van der Waals surface area contributed by atoms with E-state index in [1.165, 1.54) is 0 Å². The smallest absolute Gasteiger partial charge is 0.255 e. The number of hydrogen-bond donors (Lipinski definition) is 1. The number of aromatic nitrogens is 1. The molecule has 2 atom stereocenters. The number of carbonyl (C=O) groups is 1. The van der Waals surface area contributed by atoms with Crippen molar-refractivity contribution in [3.05, 3.63) is 23.5 Å². The fourth-order valence-electron chi connectivity index (χ4n) is 3.15. The van der Waals surface area contributed by atoms with Crippen LogP contribution in [0.2, 0.25) is 0 Å². The first-order valence-electron chi connectivity index (χ1n) is 5.95. The number of aromatic amines is 1. The Bertz CT molecular complexity index is 433. The molecular weight excluding hydrogens is 200 g/mol. The lowest BCUT2D eigenvalue weighted by Gasteiger charge is -2.22. The molecule has 0 bridgehead atoms. The topological polar surface area (TPSA) is 36.1 Å². The van der Waals surface area contributed by atoms with Crippen molar-refractivity contribution in [3.63, 3.8) is 0 Å². The molecule has 16 heavy (non-hydrogen) atoms. The summed E-state index contributed by atoms with van der Waals surface area (Å²) in [5, 5.41) is 0. The van der Waals surface area contributed by atoms with Gasteiger partial charge < -0.3 is 9.88 Å². The molecule has 0 radical (unpaired) electrons. The summed E-state index contributed by atoms with van der Waals surface area (Å²) >= 11 is 0. The second-order valence-electron chi connectivity index (χ2n) is 5.76. The normalized spacial score (nSPS) is 30.3. The number of piperidine rings is 1. The highest BCUT2D eigenvalue weighted by molar-refractivity contribution is 5.95. The van der Waals surface area contributed by atoms with Gasteiger partial charge in [0.1, 0.15) is 0 Å². The highest BCUT2D eigenvalue weighted by atomic mass is 16.2. The summed E-state index contributed by atoms with van der Waals surface area (Å²) in [5.74, 6) is 1.66. The van der Waals surface area contributed by atoms with E-state index in [0.29, 0.717) is 5.41 Å². The number of nitrogens with zero attached hydrogens (tertiary/aromatic N) is 1. The second-order valence-corrected chi connectivity index (χ2v) is 5.76. The summed E-state index contributed by atoms with van der Waals surface area (Å²) < 4.78 is 0. The highest BCUT2D eigenvalue weighted by Crippen LogP contribution is 2.62. The van der Waals surface area contributed by atoms with E-state index in [-0.39, 0.29) is 5.91 Å². The molecule has 2 heterocycles. The Morgan fingerprint density at radius 2 is 2.06 bits per heavy atom. The molecule has 3 rings (SSSR count). The number of aryl methyl sites for hydroxylation is 1. The largest absolute Gasteiger partial charge is 0.365 e. The van der Waals surface area contributed by atoms with Gasteiger partial charge in [0.05, 0.1) is 5.56 Å². The van der Waals surface area contributed by atoms with Crippen molar-refractivity contribution in [2.75, 3.05) is 13.1 Å². The molecule has 1 saturated heterocycles. The minimum absolute atomic E-state index is 0.196. The van der Waals surface area contributed by atoms with E-state index < -0.39 is 0 Å². The van der Waals surface area contributed by atoms with Gasteiger partial charge in [-0.15, -0.1) is 0 Å². The quantitative estimate of drug-likeness (QED) is 0.769. The monoisotopic (exact) mass is 218 g/mol. The fourth-order valence-corrected chi connectivity index (χ4v) is 3.15. The number of rotatable bonds is 1. The predicted octanol–water partition coefficient (Wildman–Crippen LogP) is 2.05. The zero-order chi connectivity index (χ0) is 11.5. The number of H-pyrrole nitrogens is 1. The predicted molar refractivity (Wildman–Crippen MR) is 62.2 cm³/mol. The van der Waals surface area contributed by atoms with Crippen LogP contribution in [0.4, 0.5) is 0 Å². The maximum atomic E-state index is 12.2. The summed E-state index contributed by atoms with van der Waals surface area (Å²) in [6, 6.07) is 1.88. The number of carbonyl (C=O) groups excluding carboxylic acids is 1. The number of likely N-dealkylation sites (tertiary alicyclic amines) is 1. The van der Waals surface area contributed by atoms with Gasteiger partial charge in [0.25, 0.3) is 5.91 Å². The Hall–Kier alpha value is -1.25. The molecule has 2 fully saturated rings. The van der Waals surface area contributed by atoms with E-state index in [2.05, 4.69) is 18.8 Å². The van der Waals surface area contributed by atoms with Crippen molar-refractivity contribution >= 4 is 5.91 Å². The zero-order valence-electron chi connectivity index (χ0n) is 10.1. The molecule has 1 aromatic rings. The van der Waals surface area contributed by atoms with Crippen LogP contribution in [0, 0.1) is 24.2 Å². The minimum Gasteiger partial charge on any atom is -0.365 e. The van der Waals surface area contributed by atoms with E-state index in [1.54, 1.807) is 0 Å². The first kappa shape index (κ1) is 9.94. The lowest BCUT2D eigenvalue weighted by Crippen LogP contribution is -2.33. The molecule has 2 aliphatic rings. The first-order valence-corrected chi connectivity index (χ1v) is 5.95. The third-order valence-electron chi connectivity index (χ3n) is 4.59. The van der Waals surface area contributed by atoms with Gasteiger partial charge >= 0.3 is 0 Å². The molecule has 3 nitrogen and oxygen atoms in total. The van der Waals surface area contributed by atoms with Gasteiger partial charge in [-0.25, -0.2) is 0 Å². The Kier molecular flexibility index (Phi) is 1.80. The maximum absolute atomic E-state index is 12.2. The zero-order valence-corrected chi connectivity index (χ0v) is 10.1. The van der Waals surface area contributed by atoms with Crippen LogP contribution in [0.15, 0.2) is 12.3 Å². The van der Waals surface area contributed by atoms with Crippen molar-refractivity contribution in [2.45, 2.75) is 20.8 Å². The fraction of sp³-hybridized carbons (Fsp3) is 0.615. The molecule has 0 spiro atoms. The van der Waals surface area contributed by atoms with E-state index in [9.17, 15) is 4.79 Å². The molecule has 1 aliphatic heterocycles. The summed E-state index contributed by atoms with van der Waals surface area (Å²) in [4.78, 5) is 17.3. The molecule has 1 amide bonds. The summed E-state index contributed by atoms with van der Waals surface area (Å²) in [7, 11) is 0. The average molecular weight is 218 g/mol. The van der Waals surface area contributed by atoms with E-state index in [0.717, 1.165) is 36.2 Å². The molecular formula is C13H18N2O. The van der Waals surface area contributed by atoms with Crippen LogP contribution in [0.1, 0.15) is 29.9 Å². The van der Waals surface area contributed by atoms with Gasteiger partial charge in [0.2, 0.25) is 0 Å². The van der Waals surface area contributed by atoms with Gasteiger partial charge in [-0.1, -0.05) is 13.8 Å². The highest BCUT2D eigenvalue weighted by Gasteiger charge is 2.62. The van der Waals surface area contributed by atoms with Gasteiger partial charge in [-0.3, -0.25) is 4.79 Å². The molecule has 1 N–H and O–H groups in total. The van der Waals surface area contributed by atoms with Crippen LogP contribution in [0.3, 0.4) is 0 Å². The Labute approximate surface area is 95.8 Å². The van der Waals surface area contributed by atoms with Crippen LogP contribution in [0.5, 0.6) is 0 Å².